The summed E-state index contributed by atoms with van der Waals surface area (Å²) >= 11 is 0. The van der Waals surface area contributed by atoms with Crippen LogP contribution in [0.25, 0.3) is 99.5 Å². The minimum atomic E-state index is 0.600. The summed E-state index contributed by atoms with van der Waals surface area (Å²) in [5.41, 5.74) is 6.51. The summed E-state index contributed by atoms with van der Waals surface area (Å²) in [6.45, 7) is 0. The number of aromatic nitrogens is 3. The zero-order chi connectivity index (χ0) is 32.3. The molecule has 4 nitrogen and oxygen atoms in total. The highest BCUT2D eigenvalue weighted by Crippen LogP contribution is 2.44. The third kappa shape index (κ3) is 4.42. The monoisotopic (exact) mass is 625 g/mol. The third-order valence-electron chi connectivity index (χ3n) is 9.52. The molecular weight excluding hydrogens is 599 g/mol. The number of hydrogen-bond acceptors (Lipinski definition) is 4. The number of nitrogens with zero attached hydrogens (tertiary/aromatic N) is 3. The van der Waals surface area contributed by atoms with Crippen molar-refractivity contribution in [2.75, 3.05) is 0 Å². The van der Waals surface area contributed by atoms with E-state index in [9.17, 15) is 0 Å². The summed E-state index contributed by atoms with van der Waals surface area (Å²) in [4.78, 5) is 15.4. The Hall–Kier alpha value is -6.65. The number of para-hydroxylation sites is 1. The average Bonchev–Trinajstić information content (AvgIpc) is 3.57. The van der Waals surface area contributed by atoms with Gasteiger partial charge < -0.3 is 4.42 Å². The summed E-state index contributed by atoms with van der Waals surface area (Å²) in [5, 5.41) is 9.43. The molecule has 228 valence electrons. The summed E-state index contributed by atoms with van der Waals surface area (Å²) in [5.74, 6) is 1.84. The SMILES string of the molecule is c1ccc(-c2nc(-c3ccccc3)nc(-c3c(-c4ccc5c6ccccc6c6ccccc6c5c4)ccc4oc5ccccc5c34)n2)cc1. The molecule has 0 saturated heterocycles. The van der Waals surface area contributed by atoms with Gasteiger partial charge in [0, 0.05) is 27.5 Å². The van der Waals surface area contributed by atoms with Crippen LogP contribution in [0, 0.1) is 0 Å². The predicted octanol–water partition coefficient (Wildman–Crippen LogP) is 11.9. The van der Waals surface area contributed by atoms with Crippen molar-refractivity contribution in [2.45, 2.75) is 0 Å². The first-order valence-electron chi connectivity index (χ1n) is 16.5. The van der Waals surface area contributed by atoms with Gasteiger partial charge in [-0.25, -0.2) is 15.0 Å². The molecule has 8 aromatic carbocycles. The van der Waals surface area contributed by atoms with Gasteiger partial charge in [0.1, 0.15) is 11.2 Å². The van der Waals surface area contributed by atoms with Gasteiger partial charge in [0.25, 0.3) is 0 Å². The van der Waals surface area contributed by atoms with Crippen LogP contribution in [-0.2, 0) is 0 Å². The molecule has 0 aliphatic heterocycles. The van der Waals surface area contributed by atoms with E-state index in [2.05, 4.69) is 91.0 Å². The molecule has 49 heavy (non-hydrogen) atoms. The van der Waals surface area contributed by atoms with Crippen LogP contribution in [0.3, 0.4) is 0 Å². The number of fused-ring (bicyclic) bond motifs is 9. The smallest absolute Gasteiger partial charge is 0.165 e. The molecule has 4 heteroatoms. The number of benzene rings is 8. The second kappa shape index (κ2) is 11.0. The van der Waals surface area contributed by atoms with Crippen LogP contribution < -0.4 is 0 Å². The molecule has 0 N–H and O–H groups in total. The Labute approximate surface area is 282 Å². The van der Waals surface area contributed by atoms with E-state index < -0.39 is 0 Å². The largest absolute Gasteiger partial charge is 0.456 e. The summed E-state index contributed by atoms with van der Waals surface area (Å²) < 4.78 is 6.44. The molecule has 0 radical (unpaired) electrons. The van der Waals surface area contributed by atoms with E-state index in [0.717, 1.165) is 49.8 Å². The van der Waals surface area contributed by atoms with Gasteiger partial charge in [-0.15, -0.1) is 0 Å². The number of rotatable bonds is 4. The van der Waals surface area contributed by atoms with Crippen molar-refractivity contribution in [1.82, 2.24) is 15.0 Å². The zero-order valence-corrected chi connectivity index (χ0v) is 26.3. The number of hydrogen-bond donors (Lipinski definition) is 0. The van der Waals surface area contributed by atoms with E-state index in [-0.39, 0.29) is 0 Å². The molecule has 0 unspecified atom stereocenters. The molecule has 10 rings (SSSR count). The van der Waals surface area contributed by atoms with Crippen LogP contribution in [-0.4, -0.2) is 15.0 Å². The lowest BCUT2D eigenvalue weighted by atomic mass is 9.90. The van der Waals surface area contributed by atoms with Crippen LogP contribution in [0.5, 0.6) is 0 Å². The third-order valence-corrected chi connectivity index (χ3v) is 9.52. The van der Waals surface area contributed by atoms with E-state index in [1.807, 2.05) is 72.8 Å². The normalized spacial score (nSPS) is 11.7. The quantitative estimate of drug-likeness (QED) is 0.183. The first-order valence-corrected chi connectivity index (χ1v) is 16.5. The fourth-order valence-electron chi connectivity index (χ4n) is 7.29. The van der Waals surface area contributed by atoms with Gasteiger partial charge in [-0.3, -0.25) is 0 Å². The van der Waals surface area contributed by atoms with Crippen molar-refractivity contribution in [3.63, 3.8) is 0 Å². The maximum atomic E-state index is 6.44. The average molecular weight is 626 g/mol. The highest BCUT2D eigenvalue weighted by Gasteiger charge is 2.22. The summed E-state index contributed by atoms with van der Waals surface area (Å²) in [7, 11) is 0. The molecule has 0 bridgehead atoms. The Kier molecular flexibility index (Phi) is 6.15. The van der Waals surface area contributed by atoms with E-state index in [0.29, 0.717) is 17.5 Å². The first-order chi connectivity index (χ1) is 24.3. The Morgan fingerprint density at radius 2 is 0.816 bits per heavy atom. The molecule has 0 saturated carbocycles. The topological polar surface area (TPSA) is 51.8 Å². The van der Waals surface area contributed by atoms with Gasteiger partial charge in [-0.1, -0.05) is 140 Å². The Balaban J connectivity index is 1.32. The van der Waals surface area contributed by atoms with Crippen molar-refractivity contribution < 1.29 is 4.42 Å². The van der Waals surface area contributed by atoms with Gasteiger partial charge in [0.15, 0.2) is 17.5 Å². The lowest BCUT2D eigenvalue weighted by molar-refractivity contribution is 0.669. The van der Waals surface area contributed by atoms with E-state index in [4.69, 9.17) is 19.4 Å². The lowest BCUT2D eigenvalue weighted by Crippen LogP contribution is -2.01. The number of furan rings is 1. The van der Waals surface area contributed by atoms with Crippen molar-refractivity contribution in [3.05, 3.63) is 164 Å². The molecule has 0 fully saturated rings. The van der Waals surface area contributed by atoms with Gasteiger partial charge in [-0.05, 0) is 67.7 Å². The van der Waals surface area contributed by atoms with Crippen molar-refractivity contribution in [3.8, 4) is 45.3 Å². The molecule has 0 amide bonds. The second-order valence-corrected chi connectivity index (χ2v) is 12.3. The van der Waals surface area contributed by atoms with Crippen molar-refractivity contribution in [2.24, 2.45) is 0 Å². The van der Waals surface area contributed by atoms with Crippen LogP contribution in [0.4, 0.5) is 0 Å². The van der Waals surface area contributed by atoms with Gasteiger partial charge in [0.2, 0.25) is 0 Å². The summed E-state index contributed by atoms with van der Waals surface area (Å²) in [6.07, 6.45) is 0. The molecule has 0 atom stereocenters. The predicted molar refractivity (Wildman–Crippen MR) is 201 cm³/mol. The Bertz CT molecular complexity index is 2780. The maximum Gasteiger partial charge on any atom is 0.165 e. The molecule has 0 aliphatic carbocycles. The minimum Gasteiger partial charge on any atom is -0.456 e. The fourth-order valence-corrected chi connectivity index (χ4v) is 7.29. The Morgan fingerprint density at radius 1 is 0.327 bits per heavy atom. The standard InChI is InChI=1S/C45H27N3O/c1-3-13-28(14-4-1)43-46-44(29-15-5-2-6-16-29)48-45(47-43)42-31(25-26-40-41(42)37-21-11-12-22-39(37)49-40)30-23-24-36-34-19-8-7-17-32(34)33-18-9-10-20-35(33)38(36)27-30/h1-27H. The first kappa shape index (κ1) is 27.5. The van der Waals surface area contributed by atoms with Gasteiger partial charge in [0.05, 0.1) is 0 Å². The van der Waals surface area contributed by atoms with Crippen LogP contribution in [0.15, 0.2) is 168 Å². The fraction of sp³-hybridized carbons (Fsp3) is 0. The zero-order valence-electron chi connectivity index (χ0n) is 26.3. The van der Waals surface area contributed by atoms with Gasteiger partial charge in [-0.2, -0.15) is 0 Å². The maximum absolute atomic E-state index is 6.44. The second-order valence-electron chi connectivity index (χ2n) is 12.3. The molecular formula is C45H27N3O. The molecule has 0 aliphatic rings. The van der Waals surface area contributed by atoms with Crippen LogP contribution in [0.2, 0.25) is 0 Å². The molecule has 0 spiro atoms. The highest BCUT2D eigenvalue weighted by atomic mass is 16.3. The van der Waals surface area contributed by atoms with E-state index >= 15 is 0 Å². The van der Waals surface area contributed by atoms with Crippen molar-refractivity contribution >= 4 is 54.3 Å². The molecule has 2 heterocycles. The van der Waals surface area contributed by atoms with E-state index in [1.165, 1.54) is 32.3 Å². The van der Waals surface area contributed by atoms with Gasteiger partial charge >= 0.3 is 0 Å². The van der Waals surface area contributed by atoms with Crippen LogP contribution in [0.1, 0.15) is 0 Å². The Morgan fingerprint density at radius 3 is 1.43 bits per heavy atom. The van der Waals surface area contributed by atoms with Crippen LogP contribution >= 0.6 is 0 Å². The molecule has 10 aromatic rings. The summed E-state index contributed by atoms with van der Waals surface area (Å²) in [6, 6.07) is 56.9. The lowest BCUT2D eigenvalue weighted by Gasteiger charge is -2.15. The van der Waals surface area contributed by atoms with E-state index in [1.54, 1.807) is 0 Å². The van der Waals surface area contributed by atoms with Crippen molar-refractivity contribution in [1.29, 1.82) is 0 Å². The molecule has 2 aromatic heterocycles. The minimum absolute atomic E-state index is 0.600. The highest BCUT2D eigenvalue weighted by molar-refractivity contribution is 6.26.